The molecule has 2 heteroatoms. The number of hydrogen-bond donors (Lipinski definition) is 0. The molecule has 2 saturated heterocycles. The summed E-state index contributed by atoms with van der Waals surface area (Å²) in [5.74, 6) is 0. The van der Waals surface area contributed by atoms with E-state index in [1.807, 2.05) is 0 Å². The molecule has 82 valence electrons. The SMILES string of the molecule is CC(C)N1CC2CC[C@H](C1)N2C(C)C. The number of hydrogen-bond acceptors (Lipinski definition) is 2. The minimum absolute atomic E-state index is 0.729. The second kappa shape index (κ2) is 3.82. The molecule has 2 rings (SSSR count). The lowest BCUT2D eigenvalue weighted by atomic mass is 10.1. The summed E-state index contributed by atoms with van der Waals surface area (Å²) in [6.45, 7) is 11.9. The lowest BCUT2D eigenvalue weighted by molar-refractivity contribution is 0.0292. The second-order valence-electron chi connectivity index (χ2n) is 5.47. The van der Waals surface area contributed by atoms with E-state index in [1.165, 1.54) is 25.9 Å². The van der Waals surface area contributed by atoms with Crippen LogP contribution in [0, 0.1) is 0 Å². The largest absolute Gasteiger partial charge is 0.298 e. The van der Waals surface area contributed by atoms with Gasteiger partial charge in [0.1, 0.15) is 0 Å². The summed E-state index contributed by atoms with van der Waals surface area (Å²) in [5, 5.41) is 0. The minimum atomic E-state index is 0.729. The minimum Gasteiger partial charge on any atom is -0.298 e. The van der Waals surface area contributed by atoms with Crippen LogP contribution in [0.3, 0.4) is 0 Å². The van der Waals surface area contributed by atoms with E-state index >= 15 is 0 Å². The number of likely N-dealkylation sites (tertiary alicyclic amines) is 1. The average Bonchev–Trinajstić information content (AvgIpc) is 2.37. The molecule has 0 aromatic heterocycles. The van der Waals surface area contributed by atoms with E-state index < -0.39 is 0 Å². The van der Waals surface area contributed by atoms with E-state index in [2.05, 4.69) is 37.5 Å². The Bertz CT molecular complexity index is 186. The number of piperazine rings is 1. The van der Waals surface area contributed by atoms with Gasteiger partial charge in [-0.2, -0.15) is 0 Å². The molecule has 2 atom stereocenters. The second-order valence-corrected chi connectivity index (χ2v) is 5.47. The highest BCUT2D eigenvalue weighted by atomic mass is 15.3. The zero-order chi connectivity index (χ0) is 10.3. The molecule has 0 spiro atoms. The maximum absolute atomic E-state index is 2.75. The Morgan fingerprint density at radius 2 is 1.36 bits per heavy atom. The van der Waals surface area contributed by atoms with Crippen LogP contribution in [0.15, 0.2) is 0 Å². The first kappa shape index (κ1) is 10.4. The highest BCUT2D eigenvalue weighted by molar-refractivity contribution is 4.97. The first-order valence-electron chi connectivity index (χ1n) is 6.11. The molecule has 0 N–H and O–H groups in total. The smallest absolute Gasteiger partial charge is 0.0230 e. The van der Waals surface area contributed by atoms with Crippen molar-refractivity contribution in [1.29, 1.82) is 0 Å². The molecule has 2 aliphatic heterocycles. The lowest BCUT2D eigenvalue weighted by Crippen LogP contribution is -2.57. The molecule has 2 aliphatic rings. The van der Waals surface area contributed by atoms with Crippen molar-refractivity contribution in [3.05, 3.63) is 0 Å². The van der Waals surface area contributed by atoms with E-state index in [-0.39, 0.29) is 0 Å². The maximum Gasteiger partial charge on any atom is 0.0230 e. The fourth-order valence-corrected chi connectivity index (χ4v) is 3.23. The van der Waals surface area contributed by atoms with Crippen LogP contribution in [0.1, 0.15) is 40.5 Å². The molecule has 2 heterocycles. The van der Waals surface area contributed by atoms with Gasteiger partial charge in [0.05, 0.1) is 0 Å². The molecule has 0 radical (unpaired) electrons. The molecule has 0 aliphatic carbocycles. The normalized spacial score (nSPS) is 34.7. The first-order valence-corrected chi connectivity index (χ1v) is 6.11. The van der Waals surface area contributed by atoms with Crippen LogP contribution in [-0.4, -0.2) is 47.1 Å². The van der Waals surface area contributed by atoms with Crippen molar-refractivity contribution in [2.75, 3.05) is 13.1 Å². The van der Waals surface area contributed by atoms with Gasteiger partial charge in [0, 0.05) is 37.3 Å². The van der Waals surface area contributed by atoms with Gasteiger partial charge in [0.2, 0.25) is 0 Å². The van der Waals surface area contributed by atoms with Crippen molar-refractivity contribution in [3.8, 4) is 0 Å². The zero-order valence-corrected chi connectivity index (χ0v) is 10.0. The number of fused-ring (bicyclic) bond motifs is 2. The Morgan fingerprint density at radius 3 is 1.71 bits per heavy atom. The van der Waals surface area contributed by atoms with Crippen molar-refractivity contribution >= 4 is 0 Å². The van der Waals surface area contributed by atoms with Crippen molar-refractivity contribution in [2.24, 2.45) is 0 Å². The van der Waals surface area contributed by atoms with Crippen LogP contribution in [0.2, 0.25) is 0 Å². The Labute approximate surface area is 88.3 Å². The summed E-state index contributed by atoms with van der Waals surface area (Å²) in [6.07, 6.45) is 2.85. The van der Waals surface area contributed by atoms with Crippen molar-refractivity contribution in [2.45, 2.75) is 64.7 Å². The van der Waals surface area contributed by atoms with Gasteiger partial charge in [0.15, 0.2) is 0 Å². The molecular formula is C12H24N2. The predicted octanol–water partition coefficient (Wildman–Crippen LogP) is 1.95. The van der Waals surface area contributed by atoms with E-state index in [0.29, 0.717) is 0 Å². The van der Waals surface area contributed by atoms with Crippen molar-refractivity contribution in [1.82, 2.24) is 9.80 Å². The van der Waals surface area contributed by atoms with Gasteiger partial charge in [-0.05, 0) is 40.5 Å². The van der Waals surface area contributed by atoms with Gasteiger partial charge >= 0.3 is 0 Å². The topological polar surface area (TPSA) is 6.48 Å². The summed E-state index contributed by atoms with van der Waals surface area (Å²) < 4.78 is 0. The fraction of sp³-hybridized carbons (Fsp3) is 1.00. The van der Waals surface area contributed by atoms with Gasteiger partial charge in [-0.15, -0.1) is 0 Å². The third-order valence-electron chi connectivity index (χ3n) is 3.89. The molecule has 0 amide bonds. The predicted molar refractivity (Wildman–Crippen MR) is 60.5 cm³/mol. The Morgan fingerprint density at radius 1 is 0.857 bits per heavy atom. The molecule has 14 heavy (non-hydrogen) atoms. The number of rotatable bonds is 2. The van der Waals surface area contributed by atoms with E-state index in [4.69, 9.17) is 0 Å². The van der Waals surface area contributed by atoms with Gasteiger partial charge in [-0.1, -0.05) is 0 Å². The Balaban J connectivity index is 2.05. The number of nitrogens with zero attached hydrogens (tertiary/aromatic N) is 2. The summed E-state index contributed by atoms with van der Waals surface area (Å²) in [7, 11) is 0. The molecule has 1 unspecified atom stereocenters. The van der Waals surface area contributed by atoms with Crippen LogP contribution >= 0.6 is 0 Å². The van der Waals surface area contributed by atoms with Gasteiger partial charge in [-0.3, -0.25) is 9.80 Å². The third kappa shape index (κ3) is 1.70. The fourth-order valence-electron chi connectivity index (χ4n) is 3.23. The van der Waals surface area contributed by atoms with E-state index in [9.17, 15) is 0 Å². The van der Waals surface area contributed by atoms with Crippen LogP contribution in [0.4, 0.5) is 0 Å². The molecule has 2 nitrogen and oxygen atoms in total. The van der Waals surface area contributed by atoms with Crippen LogP contribution in [0.25, 0.3) is 0 Å². The summed E-state index contributed by atoms with van der Waals surface area (Å²) in [5.41, 5.74) is 0. The Hall–Kier alpha value is -0.0800. The van der Waals surface area contributed by atoms with E-state index in [1.54, 1.807) is 0 Å². The monoisotopic (exact) mass is 196 g/mol. The molecule has 0 saturated carbocycles. The highest BCUT2D eigenvalue weighted by Gasteiger charge is 2.41. The molecule has 2 bridgehead atoms. The molecule has 0 aromatic rings. The standard InChI is InChI=1S/C12H24N2/c1-9(2)13-7-11-5-6-12(8-13)14(11)10(3)4/h9-12H,5-8H2,1-4H3/t11-,12?/m1/s1. The zero-order valence-electron chi connectivity index (χ0n) is 10.0. The molecule has 2 fully saturated rings. The summed E-state index contributed by atoms with van der Waals surface area (Å²) in [4.78, 5) is 5.40. The first-order chi connectivity index (χ1) is 6.59. The summed E-state index contributed by atoms with van der Waals surface area (Å²) in [6, 6.07) is 3.15. The van der Waals surface area contributed by atoms with Gasteiger partial charge in [-0.25, -0.2) is 0 Å². The molecular weight excluding hydrogens is 172 g/mol. The van der Waals surface area contributed by atoms with Crippen LogP contribution in [0.5, 0.6) is 0 Å². The van der Waals surface area contributed by atoms with Crippen LogP contribution in [-0.2, 0) is 0 Å². The average molecular weight is 196 g/mol. The van der Waals surface area contributed by atoms with Crippen LogP contribution < -0.4 is 0 Å². The lowest BCUT2D eigenvalue weighted by Gasteiger charge is -2.44. The quantitative estimate of drug-likeness (QED) is 0.666. The van der Waals surface area contributed by atoms with E-state index in [0.717, 1.165) is 24.2 Å². The maximum atomic E-state index is 2.75. The summed E-state index contributed by atoms with van der Waals surface area (Å²) >= 11 is 0. The Kier molecular flexibility index (Phi) is 2.85. The highest BCUT2D eigenvalue weighted by Crippen LogP contribution is 2.32. The molecule has 0 aromatic carbocycles. The van der Waals surface area contributed by atoms with Gasteiger partial charge < -0.3 is 0 Å². The van der Waals surface area contributed by atoms with Crippen molar-refractivity contribution in [3.63, 3.8) is 0 Å². The van der Waals surface area contributed by atoms with Crippen molar-refractivity contribution < 1.29 is 0 Å². The third-order valence-corrected chi connectivity index (χ3v) is 3.89. The van der Waals surface area contributed by atoms with Gasteiger partial charge in [0.25, 0.3) is 0 Å².